The van der Waals surface area contributed by atoms with E-state index in [0.717, 1.165) is 77.0 Å². The average Bonchev–Trinajstić information content (AvgIpc) is 0.780. The van der Waals surface area contributed by atoms with Gasteiger partial charge in [0.25, 0.3) is 0 Å². The molecule has 0 aromatic carbocycles. The van der Waals surface area contributed by atoms with Crippen molar-refractivity contribution < 1.29 is 89.4 Å². The molecular formula is C92H163NO18. The molecule has 19 heteroatoms. The number of carbonyl (C=O) groups is 1. The summed E-state index contributed by atoms with van der Waals surface area (Å²) in [6, 6.07) is -0.995. The van der Waals surface area contributed by atoms with Gasteiger partial charge in [-0.1, -0.05) is 355 Å². The third-order valence-electron chi connectivity index (χ3n) is 21.9. The molecule has 644 valence electrons. The molecule has 0 saturated carbocycles. The Morgan fingerprint density at radius 1 is 0.333 bits per heavy atom. The van der Waals surface area contributed by atoms with Crippen molar-refractivity contribution >= 4 is 5.91 Å². The lowest BCUT2D eigenvalue weighted by Crippen LogP contribution is -2.66. The second-order valence-electron chi connectivity index (χ2n) is 31.7. The van der Waals surface area contributed by atoms with Gasteiger partial charge in [-0.2, -0.15) is 0 Å². The summed E-state index contributed by atoms with van der Waals surface area (Å²) in [6.45, 7) is 1.65. The molecule has 3 heterocycles. The van der Waals surface area contributed by atoms with Crippen LogP contribution in [0.1, 0.15) is 348 Å². The summed E-state index contributed by atoms with van der Waals surface area (Å²) in [5.74, 6) is -0.282. The van der Waals surface area contributed by atoms with E-state index in [-0.39, 0.29) is 18.9 Å². The maximum absolute atomic E-state index is 13.5. The third-order valence-corrected chi connectivity index (χ3v) is 21.9. The number of aliphatic hydroxyl groups excluding tert-OH is 11. The molecular weight excluding hydrogens is 1410 g/mol. The number of aliphatic hydroxyl groups is 11. The van der Waals surface area contributed by atoms with Crippen LogP contribution in [0.4, 0.5) is 0 Å². The highest BCUT2D eigenvalue weighted by Crippen LogP contribution is 2.33. The lowest BCUT2D eigenvalue weighted by Gasteiger charge is -2.48. The standard InChI is InChI=1S/C92H163NO18/c1-3-5-7-9-11-13-15-17-19-21-23-25-27-29-31-32-33-34-35-36-37-38-39-40-41-42-44-46-48-50-52-54-56-58-60-62-64-66-68-70-80(98)93-75(76(97)69-67-65-63-61-59-57-55-53-51-49-47-45-43-30-28-26-24-22-20-18-16-14-12-10-8-6-4-2)74-106-90-86(104)83(101)88(78(72-95)108-90)111-92-87(105)84(102)89(79(73-96)109-92)110-91-85(103)82(100)81(99)77(71-94)107-91/h5,7,11,13,17,19,23,25,29,31,33-34,59,61,67,69,75-79,81-92,94-97,99-105H,3-4,6,8-10,12,14-16,18,20-22,24,26-28,30,32,35-58,60,62-66,68,70-74H2,1-2H3,(H,93,98)/b7-5-,13-11-,19-17-,25-23-,31-29-,34-33-,61-59+,69-67+. The van der Waals surface area contributed by atoms with Crippen LogP contribution in [0.3, 0.4) is 0 Å². The minimum absolute atomic E-state index is 0.235. The van der Waals surface area contributed by atoms with Crippen LogP contribution in [-0.4, -0.2) is 193 Å². The number of rotatable bonds is 72. The average molecular weight is 1570 g/mol. The van der Waals surface area contributed by atoms with E-state index in [2.05, 4.69) is 104 Å². The highest BCUT2D eigenvalue weighted by Gasteiger charge is 2.54. The molecule has 3 rings (SSSR count). The fourth-order valence-electron chi connectivity index (χ4n) is 14.7. The van der Waals surface area contributed by atoms with Gasteiger partial charge >= 0.3 is 0 Å². The molecule has 111 heavy (non-hydrogen) atoms. The molecule has 0 bridgehead atoms. The van der Waals surface area contributed by atoms with Crippen molar-refractivity contribution in [3.8, 4) is 0 Å². The third kappa shape index (κ3) is 49.5. The summed E-state index contributed by atoms with van der Waals surface area (Å²) >= 11 is 0. The predicted molar refractivity (Wildman–Crippen MR) is 447 cm³/mol. The van der Waals surface area contributed by atoms with Crippen molar-refractivity contribution in [1.29, 1.82) is 0 Å². The van der Waals surface area contributed by atoms with E-state index >= 15 is 0 Å². The lowest BCUT2D eigenvalue weighted by molar-refractivity contribution is -0.379. The van der Waals surface area contributed by atoms with E-state index in [0.29, 0.717) is 12.8 Å². The second kappa shape index (κ2) is 70.9. The van der Waals surface area contributed by atoms with Gasteiger partial charge in [0, 0.05) is 6.42 Å². The van der Waals surface area contributed by atoms with Gasteiger partial charge in [0.1, 0.15) is 73.2 Å². The van der Waals surface area contributed by atoms with Crippen LogP contribution in [0, 0.1) is 0 Å². The van der Waals surface area contributed by atoms with Gasteiger partial charge in [0.15, 0.2) is 18.9 Å². The van der Waals surface area contributed by atoms with Crippen LogP contribution < -0.4 is 5.32 Å². The summed E-state index contributed by atoms with van der Waals surface area (Å²) in [7, 11) is 0. The number of hydrogen-bond donors (Lipinski definition) is 12. The Kier molecular flexibility index (Phi) is 65.1. The number of amides is 1. The number of carbonyl (C=O) groups excluding carboxylic acids is 1. The summed E-state index contributed by atoms with van der Waals surface area (Å²) in [5.41, 5.74) is 0. The SMILES string of the molecule is CC/C=C\C/C=C\C/C=C\C/C=C\C/C=C\C/C=C\CCCCCCCCCCCCCCCCCCCCCCC(=O)NC(COC1OC(CO)C(OC2OC(CO)C(OC3OC(CO)C(O)C(O)C3O)C(O)C2O)C(O)C1O)C(O)/C=C/CC/C=C/CCCCCCCCCCCCCCCCCCCCCCC. The van der Waals surface area contributed by atoms with Crippen LogP contribution in [-0.2, 0) is 33.2 Å². The Balaban J connectivity index is 1.32. The van der Waals surface area contributed by atoms with Crippen LogP contribution in [0.15, 0.2) is 97.2 Å². The molecule has 3 saturated heterocycles. The Hall–Kier alpha value is -3.29. The largest absolute Gasteiger partial charge is 0.394 e. The molecule has 1 amide bonds. The zero-order chi connectivity index (χ0) is 80.3. The van der Waals surface area contributed by atoms with E-state index in [1.807, 2.05) is 6.08 Å². The zero-order valence-electron chi connectivity index (χ0n) is 69.4. The fraction of sp³-hybridized carbons (Fsp3) is 0.815. The number of unbranched alkanes of at least 4 members (excludes halogenated alkanes) is 42. The zero-order valence-corrected chi connectivity index (χ0v) is 69.4. The second-order valence-corrected chi connectivity index (χ2v) is 31.7. The van der Waals surface area contributed by atoms with E-state index in [9.17, 15) is 61.0 Å². The summed E-state index contributed by atoms with van der Waals surface area (Å²) in [5, 5.41) is 121. The van der Waals surface area contributed by atoms with Gasteiger partial charge in [-0.15, -0.1) is 0 Å². The molecule has 3 aliphatic rings. The molecule has 0 spiro atoms. The molecule has 0 aliphatic carbocycles. The topological polar surface area (TPSA) is 307 Å². The first-order valence-corrected chi connectivity index (χ1v) is 45.0. The summed E-state index contributed by atoms with van der Waals surface area (Å²) in [6.07, 6.45) is 71.3. The first-order chi connectivity index (χ1) is 54.3. The number of nitrogens with one attached hydrogen (secondary N) is 1. The molecule has 0 aromatic heterocycles. The minimum atomic E-state index is -1.98. The van der Waals surface area contributed by atoms with Crippen molar-refractivity contribution in [1.82, 2.24) is 5.32 Å². The maximum Gasteiger partial charge on any atom is 0.220 e. The van der Waals surface area contributed by atoms with Gasteiger partial charge < -0.3 is 89.9 Å². The highest BCUT2D eigenvalue weighted by molar-refractivity contribution is 5.76. The van der Waals surface area contributed by atoms with Crippen molar-refractivity contribution in [3.63, 3.8) is 0 Å². The monoisotopic (exact) mass is 1570 g/mol. The normalized spacial score (nSPS) is 25.5. The predicted octanol–water partition coefficient (Wildman–Crippen LogP) is 17.1. The number of ether oxygens (including phenoxy) is 6. The fourth-order valence-corrected chi connectivity index (χ4v) is 14.7. The van der Waals surface area contributed by atoms with Crippen LogP contribution in [0.5, 0.6) is 0 Å². The molecule has 17 unspecified atom stereocenters. The molecule has 19 nitrogen and oxygen atoms in total. The molecule has 12 N–H and O–H groups in total. The van der Waals surface area contributed by atoms with Crippen LogP contribution in [0.25, 0.3) is 0 Å². The Morgan fingerprint density at radius 2 is 0.631 bits per heavy atom. The van der Waals surface area contributed by atoms with Crippen molar-refractivity contribution in [2.75, 3.05) is 26.4 Å². The lowest BCUT2D eigenvalue weighted by atomic mass is 9.96. The molecule has 17 atom stereocenters. The summed E-state index contributed by atoms with van der Waals surface area (Å²) in [4.78, 5) is 13.5. The van der Waals surface area contributed by atoms with E-state index < -0.39 is 124 Å². The Morgan fingerprint density at radius 3 is 1.01 bits per heavy atom. The highest BCUT2D eigenvalue weighted by atomic mass is 16.8. The van der Waals surface area contributed by atoms with E-state index in [4.69, 9.17) is 28.4 Å². The Bertz CT molecular complexity index is 2380. The van der Waals surface area contributed by atoms with Gasteiger partial charge in [0.2, 0.25) is 5.91 Å². The Labute approximate surface area is 673 Å². The summed E-state index contributed by atoms with van der Waals surface area (Å²) < 4.78 is 34.5. The smallest absolute Gasteiger partial charge is 0.220 e. The van der Waals surface area contributed by atoms with Crippen molar-refractivity contribution in [2.24, 2.45) is 0 Å². The minimum Gasteiger partial charge on any atom is -0.394 e. The maximum atomic E-state index is 13.5. The van der Waals surface area contributed by atoms with Crippen molar-refractivity contribution in [2.45, 2.75) is 452 Å². The van der Waals surface area contributed by atoms with Gasteiger partial charge in [0.05, 0.1) is 38.6 Å². The van der Waals surface area contributed by atoms with Gasteiger partial charge in [-0.3, -0.25) is 4.79 Å². The number of allylic oxidation sites excluding steroid dienone is 15. The first kappa shape index (κ1) is 102. The number of hydrogen-bond acceptors (Lipinski definition) is 18. The van der Waals surface area contributed by atoms with E-state index in [1.54, 1.807) is 6.08 Å². The molecule has 0 radical (unpaired) electrons. The molecule has 0 aromatic rings. The molecule has 3 fully saturated rings. The van der Waals surface area contributed by atoms with Gasteiger partial charge in [-0.05, 0) is 83.5 Å². The van der Waals surface area contributed by atoms with Crippen molar-refractivity contribution in [3.05, 3.63) is 97.2 Å². The van der Waals surface area contributed by atoms with Crippen LogP contribution >= 0.6 is 0 Å². The molecule has 3 aliphatic heterocycles. The van der Waals surface area contributed by atoms with Gasteiger partial charge in [-0.25, -0.2) is 0 Å². The quantitative estimate of drug-likeness (QED) is 0.0199. The van der Waals surface area contributed by atoms with Crippen LogP contribution in [0.2, 0.25) is 0 Å². The van der Waals surface area contributed by atoms with E-state index in [1.165, 1.54) is 238 Å². The first-order valence-electron chi connectivity index (χ1n) is 45.0.